The van der Waals surface area contributed by atoms with Crippen LogP contribution in [0.25, 0.3) is 0 Å². The number of hydrogen-bond donors (Lipinski definition) is 1. The Hall–Kier alpha value is -1.39. The molecule has 2 amide bonds. The van der Waals surface area contributed by atoms with Crippen LogP contribution in [0, 0.1) is 0 Å². The summed E-state index contributed by atoms with van der Waals surface area (Å²) in [7, 11) is -3.35. The highest BCUT2D eigenvalue weighted by atomic mass is 32.2. The van der Waals surface area contributed by atoms with Crippen LogP contribution in [0.4, 0.5) is 4.79 Å². The maximum Gasteiger partial charge on any atom is 0.410 e. The monoisotopic (exact) mass is 446 g/mol. The average Bonchev–Trinajstić information content (AvgIpc) is 3.15. The predicted octanol–water partition coefficient (Wildman–Crippen LogP) is 1.25. The van der Waals surface area contributed by atoms with Crippen molar-refractivity contribution >= 4 is 22.0 Å². The van der Waals surface area contributed by atoms with Crippen LogP contribution in [-0.4, -0.2) is 97.7 Å². The van der Waals surface area contributed by atoms with Crippen molar-refractivity contribution in [3.63, 3.8) is 0 Å². The zero-order chi connectivity index (χ0) is 22.4. The van der Waals surface area contributed by atoms with Crippen molar-refractivity contribution < 1.29 is 22.7 Å². The number of carbonyl (C=O) groups is 2. The number of carbonyl (C=O) groups excluding carboxylic acids is 2. The lowest BCUT2D eigenvalue weighted by atomic mass is 10.2. The summed E-state index contributed by atoms with van der Waals surface area (Å²) in [6.07, 6.45) is 2.37. The van der Waals surface area contributed by atoms with Crippen LogP contribution < -0.4 is 5.32 Å². The van der Waals surface area contributed by atoms with Gasteiger partial charge in [0.1, 0.15) is 11.6 Å². The SMILES string of the molecule is CCCS(=O)(=O)N1CCCC1C(=O)NCCCN1CCN(C(=O)OC(C)(C)C)CC1. The van der Waals surface area contributed by atoms with E-state index in [4.69, 9.17) is 4.74 Å². The zero-order valence-corrected chi connectivity index (χ0v) is 19.7. The van der Waals surface area contributed by atoms with E-state index in [-0.39, 0.29) is 17.8 Å². The molecule has 0 aliphatic carbocycles. The van der Waals surface area contributed by atoms with Crippen LogP contribution in [0.2, 0.25) is 0 Å². The lowest BCUT2D eigenvalue weighted by molar-refractivity contribution is -0.124. The Labute approximate surface area is 181 Å². The fourth-order valence-corrected chi connectivity index (χ4v) is 5.57. The van der Waals surface area contributed by atoms with Gasteiger partial charge in [-0.15, -0.1) is 0 Å². The highest BCUT2D eigenvalue weighted by Gasteiger charge is 2.37. The number of ether oxygens (including phenoxy) is 1. The molecule has 30 heavy (non-hydrogen) atoms. The Kier molecular flexibility index (Phi) is 8.93. The molecular weight excluding hydrogens is 408 g/mol. The molecule has 2 aliphatic rings. The van der Waals surface area contributed by atoms with Crippen molar-refractivity contribution in [3.8, 4) is 0 Å². The molecule has 9 nitrogen and oxygen atoms in total. The first-order chi connectivity index (χ1) is 14.0. The van der Waals surface area contributed by atoms with Gasteiger partial charge in [0.15, 0.2) is 0 Å². The van der Waals surface area contributed by atoms with Gasteiger partial charge in [0, 0.05) is 39.3 Å². The van der Waals surface area contributed by atoms with Crippen molar-refractivity contribution in [2.24, 2.45) is 0 Å². The van der Waals surface area contributed by atoms with Gasteiger partial charge >= 0.3 is 6.09 Å². The van der Waals surface area contributed by atoms with Crippen LogP contribution >= 0.6 is 0 Å². The molecule has 2 heterocycles. The second-order valence-electron chi connectivity index (χ2n) is 9.04. The molecule has 0 aromatic rings. The molecule has 2 saturated heterocycles. The molecule has 2 fully saturated rings. The fourth-order valence-electron chi connectivity index (χ4n) is 3.82. The van der Waals surface area contributed by atoms with Crippen LogP contribution in [0.3, 0.4) is 0 Å². The van der Waals surface area contributed by atoms with Gasteiger partial charge in [-0.2, -0.15) is 4.31 Å². The fraction of sp³-hybridized carbons (Fsp3) is 0.900. The van der Waals surface area contributed by atoms with Gasteiger partial charge in [0.2, 0.25) is 15.9 Å². The molecule has 2 rings (SSSR count). The van der Waals surface area contributed by atoms with E-state index in [9.17, 15) is 18.0 Å². The molecule has 0 bridgehead atoms. The van der Waals surface area contributed by atoms with Crippen molar-refractivity contribution in [2.75, 3.05) is 51.6 Å². The van der Waals surface area contributed by atoms with Gasteiger partial charge in [-0.1, -0.05) is 6.92 Å². The third-order valence-corrected chi connectivity index (χ3v) is 7.38. The molecule has 174 valence electrons. The Morgan fingerprint density at radius 3 is 2.37 bits per heavy atom. The number of piperazine rings is 1. The Balaban J connectivity index is 1.67. The van der Waals surface area contributed by atoms with E-state index in [1.54, 1.807) is 4.90 Å². The quantitative estimate of drug-likeness (QED) is 0.564. The standard InChI is InChI=1S/C20H38N4O5S/c1-5-16-30(27,28)24-11-6-8-17(24)18(25)21-9-7-10-22-12-14-23(15-13-22)19(26)29-20(2,3)4/h17H,5-16H2,1-4H3,(H,21,25). The number of nitrogens with one attached hydrogen (secondary N) is 1. The van der Waals surface area contributed by atoms with Crippen LogP contribution in [0.15, 0.2) is 0 Å². The number of rotatable bonds is 8. The number of nitrogens with zero attached hydrogens (tertiary/aromatic N) is 3. The van der Waals surface area contributed by atoms with E-state index < -0.39 is 21.7 Å². The first kappa shape index (κ1) is 24.9. The minimum absolute atomic E-state index is 0.0893. The molecule has 0 saturated carbocycles. The van der Waals surface area contributed by atoms with E-state index in [0.29, 0.717) is 39.0 Å². The van der Waals surface area contributed by atoms with Gasteiger partial charge in [-0.05, 0) is 53.0 Å². The second kappa shape index (κ2) is 10.8. The summed E-state index contributed by atoms with van der Waals surface area (Å²) in [5.74, 6) is -0.103. The van der Waals surface area contributed by atoms with E-state index in [1.165, 1.54) is 4.31 Å². The second-order valence-corrected chi connectivity index (χ2v) is 11.1. The molecule has 0 radical (unpaired) electrons. The number of sulfonamides is 1. The highest BCUT2D eigenvalue weighted by Crippen LogP contribution is 2.22. The smallest absolute Gasteiger partial charge is 0.410 e. The minimum Gasteiger partial charge on any atom is -0.444 e. The van der Waals surface area contributed by atoms with Crippen molar-refractivity contribution in [1.82, 2.24) is 19.4 Å². The highest BCUT2D eigenvalue weighted by molar-refractivity contribution is 7.89. The van der Waals surface area contributed by atoms with E-state index in [2.05, 4.69) is 10.2 Å². The molecule has 0 aromatic heterocycles. The summed E-state index contributed by atoms with van der Waals surface area (Å²) in [5.41, 5.74) is -0.489. The minimum atomic E-state index is -3.35. The number of amides is 2. The zero-order valence-electron chi connectivity index (χ0n) is 18.9. The third kappa shape index (κ3) is 7.39. The van der Waals surface area contributed by atoms with Gasteiger partial charge in [-0.25, -0.2) is 13.2 Å². The van der Waals surface area contributed by atoms with Crippen LogP contribution in [0.5, 0.6) is 0 Å². The summed E-state index contributed by atoms with van der Waals surface area (Å²) in [4.78, 5) is 28.6. The predicted molar refractivity (Wildman–Crippen MR) is 116 cm³/mol. The number of hydrogen-bond acceptors (Lipinski definition) is 6. The van der Waals surface area contributed by atoms with Crippen LogP contribution in [0.1, 0.15) is 53.4 Å². The summed E-state index contributed by atoms with van der Waals surface area (Å²) >= 11 is 0. The summed E-state index contributed by atoms with van der Waals surface area (Å²) in [6, 6.07) is -0.570. The Morgan fingerprint density at radius 2 is 1.77 bits per heavy atom. The van der Waals surface area contributed by atoms with Gasteiger partial charge in [0.25, 0.3) is 0 Å². The van der Waals surface area contributed by atoms with Crippen LogP contribution in [-0.2, 0) is 19.6 Å². The molecule has 2 aliphatic heterocycles. The summed E-state index contributed by atoms with van der Waals surface area (Å²) in [5, 5.41) is 2.90. The lowest BCUT2D eigenvalue weighted by Gasteiger charge is -2.35. The molecule has 0 spiro atoms. The normalized spacial score (nSPS) is 21.6. The molecule has 1 N–H and O–H groups in total. The Bertz CT molecular complexity index is 684. The van der Waals surface area contributed by atoms with Gasteiger partial charge < -0.3 is 15.0 Å². The first-order valence-corrected chi connectivity index (χ1v) is 12.6. The maximum absolute atomic E-state index is 12.5. The lowest BCUT2D eigenvalue weighted by Crippen LogP contribution is -2.50. The van der Waals surface area contributed by atoms with Crippen molar-refractivity contribution in [3.05, 3.63) is 0 Å². The molecule has 1 unspecified atom stereocenters. The van der Waals surface area contributed by atoms with E-state index >= 15 is 0 Å². The average molecular weight is 447 g/mol. The summed E-state index contributed by atoms with van der Waals surface area (Å²) in [6.45, 7) is 12.0. The maximum atomic E-state index is 12.5. The molecule has 10 heteroatoms. The molecule has 0 aromatic carbocycles. The summed E-state index contributed by atoms with van der Waals surface area (Å²) < 4.78 is 31.5. The Morgan fingerprint density at radius 1 is 1.10 bits per heavy atom. The largest absolute Gasteiger partial charge is 0.444 e. The first-order valence-electron chi connectivity index (χ1n) is 11.0. The van der Waals surface area contributed by atoms with Gasteiger partial charge in [-0.3, -0.25) is 9.69 Å². The van der Waals surface area contributed by atoms with Crippen molar-refractivity contribution in [2.45, 2.75) is 65.0 Å². The third-order valence-electron chi connectivity index (χ3n) is 5.30. The molecular formula is C20H38N4O5S. The topological polar surface area (TPSA) is 99.3 Å². The van der Waals surface area contributed by atoms with E-state index in [0.717, 1.165) is 32.5 Å². The van der Waals surface area contributed by atoms with Gasteiger partial charge in [0.05, 0.1) is 5.75 Å². The molecule has 1 atom stereocenters. The van der Waals surface area contributed by atoms with E-state index in [1.807, 2.05) is 27.7 Å². The van der Waals surface area contributed by atoms with Crippen molar-refractivity contribution in [1.29, 1.82) is 0 Å².